The number of rotatable bonds is 3. The topological polar surface area (TPSA) is 118 Å². The number of hydrogen-bond donors (Lipinski definition) is 3. The fourth-order valence-corrected chi connectivity index (χ4v) is 2.65. The predicted octanol–water partition coefficient (Wildman–Crippen LogP) is 0.806. The molecule has 4 N–H and O–H groups in total. The summed E-state index contributed by atoms with van der Waals surface area (Å²) in [5.74, 6) is -0.0195. The molecule has 1 heterocycles. The van der Waals surface area contributed by atoms with Gasteiger partial charge < -0.3 is 5.73 Å². The number of aromatic nitrogens is 2. The first-order valence-corrected chi connectivity index (χ1v) is 6.88. The second-order valence-electron chi connectivity index (χ2n) is 3.59. The molecule has 1 aromatic heterocycles. The number of sulfonamides is 1. The van der Waals surface area contributed by atoms with Crippen molar-refractivity contribution in [1.29, 1.82) is 0 Å². The van der Waals surface area contributed by atoms with Crippen molar-refractivity contribution >= 4 is 33.1 Å². The van der Waals surface area contributed by atoms with Gasteiger partial charge in [0.15, 0.2) is 5.82 Å². The fourth-order valence-electron chi connectivity index (χ4n) is 1.36. The van der Waals surface area contributed by atoms with E-state index in [-0.39, 0.29) is 16.4 Å². The van der Waals surface area contributed by atoms with Crippen molar-refractivity contribution in [3.63, 3.8) is 0 Å². The minimum atomic E-state index is -3.89. The monoisotopic (exact) mass is 300 g/mol. The van der Waals surface area contributed by atoms with E-state index < -0.39 is 15.6 Å². The molecule has 7 nitrogen and oxygen atoms in total. The normalized spacial score (nSPS) is 11.2. The first kappa shape index (κ1) is 13.4. The van der Waals surface area contributed by atoms with Gasteiger partial charge in [-0.1, -0.05) is 11.6 Å². The zero-order valence-corrected chi connectivity index (χ0v) is 11.0. The van der Waals surface area contributed by atoms with Crippen molar-refractivity contribution in [1.82, 2.24) is 10.2 Å². The third kappa shape index (κ3) is 3.04. The molecule has 0 bridgehead atoms. The van der Waals surface area contributed by atoms with Gasteiger partial charge in [-0.15, -0.1) is 0 Å². The number of nitrogens with one attached hydrogen (secondary N) is 2. The molecule has 0 saturated carbocycles. The SMILES string of the molecule is Nc1cc(Cl)ccc1S(=O)(=O)Nc1ccc(=O)[nH]n1. The van der Waals surface area contributed by atoms with E-state index in [1.54, 1.807) is 0 Å². The van der Waals surface area contributed by atoms with Crippen LogP contribution in [0.25, 0.3) is 0 Å². The molecule has 19 heavy (non-hydrogen) atoms. The Morgan fingerprint density at radius 1 is 1.26 bits per heavy atom. The summed E-state index contributed by atoms with van der Waals surface area (Å²) in [7, 11) is -3.89. The highest BCUT2D eigenvalue weighted by molar-refractivity contribution is 7.92. The first-order valence-electron chi connectivity index (χ1n) is 5.02. The lowest BCUT2D eigenvalue weighted by Gasteiger charge is -2.09. The molecule has 100 valence electrons. The van der Waals surface area contributed by atoms with Gasteiger partial charge in [0, 0.05) is 11.1 Å². The van der Waals surface area contributed by atoms with Crippen LogP contribution in [0.15, 0.2) is 40.0 Å². The Balaban J connectivity index is 2.37. The van der Waals surface area contributed by atoms with Crippen LogP contribution in [0.2, 0.25) is 5.02 Å². The van der Waals surface area contributed by atoms with Crippen LogP contribution in [0.5, 0.6) is 0 Å². The summed E-state index contributed by atoms with van der Waals surface area (Å²) < 4.78 is 26.3. The highest BCUT2D eigenvalue weighted by Crippen LogP contribution is 2.23. The van der Waals surface area contributed by atoms with Gasteiger partial charge in [-0.2, -0.15) is 5.10 Å². The van der Waals surface area contributed by atoms with Crippen molar-refractivity contribution in [2.24, 2.45) is 0 Å². The number of nitrogen functional groups attached to an aromatic ring is 1. The maximum Gasteiger partial charge on any atom is 0.265 e. The Kier molecular flexibility index (Phi) is 3.45. The van der Waals surface area contributed by atoms with Gasteiger partial charge in [0.05, 0.1) is 5.69 Å². The Hall–Kier alpha value is -2.06. The molecule has 0 fully saturated rings. The quantitative estimate of drug-likeness (QED) is 0.725. The summed E-state index contributed by atoms with van der Waals surface area (Å²) in [4.78, 5) is 10.7. The number of hydrogen-bond acceptors (Lipinski definition) is 5. The zero-order chi connectivity index (χ0) is 14.0. The lowest BCUT2D eigenvalue weighted by atomic mass is 10.3. The second kappa shape index (κ2) is 4.90. The Bertz CT molecular complexity index is 752. The molecule has 2 aromatic rings. The maximum atomic E-state index is 12.1. The van der Waals surface area contributed by atoms with Gasteiger partial charge >= 0.3 is 0 Å². The molecule has 2 rings (SSSR count). The molecule has 0 amide bonds. The summed E-state index contributed by atoms with van der Waals surface area (Å²) in [6, 6.07) is 6.41. The van der Waals surface area contributed by atoms with E-state index in [2.05, 4.69) is 14.9 Å². The third-order valence-electron chi connectivity index (χ3n) is 2.18. The van der Waals surface area contributed by atoms with Gasteiger partial charge in [0.1, 0.15) is 4.90 Å². The first-order chi connectivity index (χ1) is 8.88. The number of halogens is 1. The molecule has 0 aliphatic rings. The highest BCUT2D eigenvalue weighted by atomic mass is 35.5. The Morgan fingerprint density at radius 3 is 2.58 bits per heavy atom. The average molecular weight is 301 g/mol. The Labute approximate surface area is 113 Å². The largest absolute Gasteiger partial charge is 0.398 e. The van der Waals surface area contributed by atoms with Gasteiger partial charge in [-0.3, -0.25) is 9.52 Å². The van der Waals surface area contributed by atoms with Crippen LogP contribution in [0.3, 0.4) is 0 Å². The molecule has 0 radical (unpaired) electrons. The molecule has 0 unspecified atom stereocenters. The number of anilines is 2. The smallest absolute Gasteiger partial charge is 0.265 e. The van der Waals surface area contributed by atoms with Crippen LogP contribution in [0.1, 0.15) is 0 Å². The molecular weight excluding hydrogens is 292 g/mol. The number of benzene rings is 1. The van der Waals surface area contributed by atoms with Crippen molar-refractivity contribution in [2.45, 2.75) is 4.90 Å². The Morgan fingerprint density at radius 2 is 2.00 bits per heavy atom. The van der Waals surface area contributed by atoms with Gasteiger partial charge in [-0.25, -0.2) is 13.5 Å². The predicted molar refractivity (Wildman–Crippen MR) is 71.5 cm³/mol. The van der Waals surface area contributed by atoms with Gasteiger partial charge in [-0.05, 0) is 24.3 Å². The summed E-state index contributed by atoms with van der Waals surface area (Å²) >= 11 is 5.70. The molecule has 0 aliphatic carbocycles. The molecule has 0 aliphatic heterocycles. The van der Waals surface area contributed by atoms with E-state index in [0.29, 0.717) is 5.02 Å². The minimum absolute atomic E-state index is 0.0180. The summed E-state index contributed by atoms with van der Waals surface area (Å²) in [6.07, 6.45) is 0. The molecule has 0 atom stereocenters. The lowest BCUT2D eigenvalue weighted by Crippen LogP contribution is -2.17. The third-order valence-corrected chi connectivity index (χ3v) is 3.84. The number of aromatic amines is 1. The van der Waals surface area contributed by atoms with Gasteiger partial charge in [0.25, 0.3) is 15.6 Å². The summed E-state index contributed by atoms with van der Waals surface area (Å²) in [5, 5.41) is 5.99. The number of nitrogens with zero attached hydrogens (tertiary/aromatic N) is 1. The van der Waals surface area contributed by atoms with Crippen molar-refractivity contribution in [3.05, 3.63) is 45.7 Å². The summed E-state index contributed by atoms with van der Waals surface area (Å²) in [6.45, 7) is 0. The zero-order valence-electron chi connectivity index (χ0n) is 9.42. The van der Waals surface area contributed by atoms with Crippen LogP contribution in [-0.4, -0.2) is 18.6 Å². The van der Waals surface area contributed by atoms with Crippen LogP contribution < -0.4 is 16.0 Å². The van der Waals surface area contributed by atoms with Gasteiger partial charge in [0.2, 0.25) is 0 Å². The number of H-pyrrole nitrogens is 1. The molecule has 1 aromatic carbocycles. The molecule has 9 heteroatoms. The van der Waals surface area contributed by atoms with E-state index in [0.717, 1.165) is 6.07 Å². The molecule has 0 spiro atoms. The van der Waals surface area contributed by atoms with Crippen molar-refractivity contribution in [3.8, 4) is 0 Å². The van der Waals surface area contributed by atoms with E-state index >= 15 is 0 Å². The van der Waals surface area contributed by atoms with Crippen molar-refractivity contribution in [2.75, 3.05) is 10.5 Å². The van der Waals surface area contributed by atoms with Crippen LogP contribution >= 0.6 is 11.6 Å². The number of nitrogens with two attached hydrogens (primary N) is 1. The standard InChI is InChI=1S/C10H9ClN4O3S/c11-6-1-2-8(7(12)5-6)19(17,18)15-9-3-4-10(16)14-13-9/h1-5H,12H2,(H,13,15)(H,14,16). The van der Waals surface area contributed by atoms with Crippen LogP contribution in [0.4, 0.5) is 11.5 Å². The fraction of sp³-hybridized carbons (Fsp3) is 0. The lowest BCUT2D eigenvalue weighted by molar-refractivity contribution is 0.601. The maximum absolute atomic E-state index is 12.1. The van der Waals surface area contributed by atoms with Crippen molar-refractivity contribution < 1.29 is 8.42 Å². The van der Waals surface area contributed by atoms with E-state index in [1.807, 2.05) is 0 Å². The van der Waals surface area contributed by atoms with E-state index in [4.69, 9.17) is 17.3 Å². The molecular formula is C10H9ClN4O3S. The van der Waals surface area contributed by atoms with E-state index in [1.165, 1.54) is 24.3 Å². The average Bonchev–Trinajstić information content (AvgIpc) is 2.31. The highest BCUT2D eigenvalue weighted by Gasteiger charge is 2.18. The van der Waals surface area contributed by atoms with Crippen LogP contribution in [-0.2, 0) is 10.0 Å². The second-order valence-corrected chi connectivity index (χ2v) is 5.68. The van der Waals surface area contributed by atoms with Crippen LogP contribution in [0, 0.1) is 0 Å². The molecule has 0 saturated heterocycles. The summed E-state index contributed by atoms with van der Waals surface area (Å²) in [5.41, 5.74) is 5.19. The minimum Gasteiger partial charge on any atom is -0.398 e. The van der Waals surface area contributed by atoms with E-state index in [9.17, 15) is 13.2 Å².